The second kappa shape index (κ2) is 5.59. The molecule has 1 aliphatic rings. The summed E-state index contributed by atoms with van der Waals surface area (Å²) in [5.74, 6) is 0.256. The lowest BCUT2D eigenvalue weighted by Crippen LogP contribution is -2.48. The van der Waals surface area contributed by atoms with Crippen LogP contribution in [0.15, 0.2) is 42.7 Å². The van der Waals surface area contributed by atoms with Gasteiger partial charge in [0.15, 0.2) is 5.82 Å². The number of hydrogen-bond acceptors (Lipinski definition) is 3. The largest absolute Gasteiger partial charge is 0.392 e. The Hall–Kier alpha value is -1.94. The minimum atomic E-state index is -0.294. The third kappa shape index (κ3) is 2.51. The monoisotopic (exact) mass is 272 g/mol. The van der Waals surface area contributed by atoms with Crippen molar-refractivity contribution < 1.29 is 9.50 Å². The van der Waals surface area contributed by atoms with E-state index in [1.54, 1.807) is 30.6 Å². The Balaban J connectivity index is 1.63. The fourth-order valence-corrected chi connectivity index (χ4v) is 2.68. The molecule has 0 aliphatic carbocycles. The lowest BCUT2D eigenvalue weighted by molar-refractivity contribution is 0.275. The van der Waals surface area contributed by atoms with Gasteiger partial charge in [-0.05, 0) is 36.1 Å². The van der Waals surface area contributed by atoms with Crippen LogP contribution in [0.5, 0.6) is 0 Å². The molecule has 1 fully saturated rings. The number of halogens is 1. The summed E-state index contributed by atoms with van der Waals surface area (Å²) in [7, 11) is 0. The van der Waals surface area contributed by atoms with Gasteiger partial charge in [0.05, 0.1) is 12.3 Å². The number of hydrogen-bond donors (Lipinski definition) is 1. The quantitative estimate of drug-likeness (QED) is 0.928. The number of aromatic nitrogens is 1. The molecule has 1 saturated heterocycles. The van der Waals surface area contributed by atoms with Crippen LogP contribution in [0.25, 0.3) is 0 Å². The topological polar surface area (TPSA) is 36.4 Å². The van der Waals surface area contributed by atoms with Crippen molar-refractivity contribution in [3.05, 3.63) is 59.7 Å². The first-order chi connectivity index (χ1) is 9.78. The highest BCUT2D eigenvalue weighted by Gasteiger charge is 2.29. The van der Waals surface area contributed by atoms with Gasteiger partial charge in [-0.3, -0.25) is 4.98 Å². The molecule has 2 aromatic rings. The van der Waals surface area contributed by atoms with Crippen molar-refractivity contribution in [2.24, 2.45) is 5.92 Å². The summed E-state index contributed by atoms with van der Waals surface area (Å²) in [6, 6.07) is 9.23. The highest BCUT2D eigenvalue weighted by molar-refractivity contribution is 5.52. The van der Waals surface area contributed by atoms with E-state index in [2.05, 4.69) is 4.98 Å². The Kier molecular flexibility index (Phi) is 3.65. The second-order valence-corrected chi connectivity index (χ2v) is 5.24. The van der Waals surface area contributed by atoms with Gasteiger partial charge in [0, 0.05) is 31.0 Å². The van der Waals surface area contributed by atoms with Crippen LogP contribution in [0.1, 0.15) is 11.1 Å². The molecule has 0 spiro atoms. The summed E-state index contributed by atoms with van der Waals surface area (Å²) in [6.07, 6.45) is 4.60. The van der Waals surface area contributed by atoms with Gasteiger partial charge in [0.25, 0.3) is 0 Å². The van der Waals surface area contributed by atoms with E-state index in [0.717, 1.165) is 19.5 Å². The van der Waals surface area contributed by atoms with Crippen LogP contribution in [0.4, 0.5) is 10.1 Å². The molecular formula is C16H17FN2O. The Morgan fingerprint density at radius 3 is 2.65 bits per heavy atom. The van der Waals surface area contributed by atoms with Crippen LogP contribution in [-0.2, 0) is 13.0 Å². The third-order valence-electron chi connectivity index (χ3n) is 3.80. The van der Waals surface area contributed by atoms with E-state index >= 15 is 0 Å². The number of anilines is 1. The van der Waals surface area contributed by atoms with Gasteiger partial charge in [-0.2, -0.15) is 0 Å². The molecule has 2 heterocycles. The zero-order chi connectivity index (χ0) is 13.9. The Labute approximate surface area is 117 Å². The van der Waals surface area contributed by atoms with E-state index < -0.39 is 0 Å². The van der Waals surface area contributed by atoms with Crippen molar-refractivity contribution in [2.75, 3.05) is 18.0 Å². The molecule has 1 aromatic carbocycles. The van der Waals surface area contributed by atoms with E-state index in [-0.39, 0.29) is 12.4 Å². The first-order valence-corrected chi connectivity index (χ1v) is 6.80. The lowest BCUT2D eigenvalue weighted by Gasteiger charge is -2.41. The first-order valence-electron chi connectivity index (χ1n) is 6.80. The number of aliphatic hydroxyl groups is 1. The molecule has 0 saturated carbocycles. The van der Waals surface area contributed by atoms with Gasteiger partial charge in [0.2, 0.25) is 0 Å². The molecule has 1 N–H and O–H groups in total. The summed E-state index contributed by atoms with van der Waals surface area (Å²) >= 11 is 0. The molecule has 1 aromatic heterocycles. The van der Waals surface area contributed by atoms with Gasteiger partial charge in [-0.15, -0.1) is 0 Å². The molecule has 0 radical (unpaired) electrons. The van der Waals surface area contributed by atoms with Crippen molar-refractivity contribution >= 4 is 5.69 Å². The number of nitrogens with zero attached hydrogens (tertiary/aromatic N) is 2. The van der Waals surface area contributed by atoms with Gasteiger partial charge < -0.3 is 10.0 Å². The number of aliphatic hydroxyl groups excluding tert-OH is 1. The summed E-state index contributed by atoms with van der Waals surface area (Å²) < 4.78 is 14.1. The smallest absolute Gasteiger partial charge is 0.151 e. The van der Waals surface area contributed by atoms with Crippen molar-refractivity contribution in [3.63, 3.8) is 0 Å². The van der Waals surface area contributed by atoms with Crippen LogP contribution in [-0.4, -0.2) is 23.2 Å². The predicted molar refractivity (Wildman–Crippen MR) is 76.0 cm³/mol. The fraction of sp³-hybridized carbons (Fsp3) is 0.312. The van der Waals surface area contributed by atoms with Crippen LogP contribution < -0.4 is 4.90 Å². The lowest BCUT2D eigenvalue weighted by atomic mass is 9.92. The average Bonchev–Trinajstić information content (AvgIpc) is 2.44. The molecule has 3 rings (SSSR count). The molecule has 4 heteroatoms. The second-order valence-electron chi connectivity index (χ2n) is 5.24. The van der Waals surface area contributed by atoms with Crippen LogP contribution in [0.3, 0.4) is 0 Å². The maximum atomic E-state index is 14.1. The maximum Gasteiger partial charge on any atom is 0.151 e. The standard InChI is InChI=1S/C16H17FN2O/c17-16-14(11-20)2-1-3-15(16)19-9-13(10-19)8-12-4-6-18-7-5-12/h1-7,13,20H,8-11H2. The van der Waals surface area contributed by atoms with Crippen molar-refractivity contribution in [1.29, 1.82) is 0 Å². The number of rotatable bonds is 4. The Morgan fingerprint density at radius 2 is 1.95 bits per heavy atom. The zero-order valence-electron chi connectivity index (χ0n) is 11.2. The first kappa shape index (κ1) is 13.1. The van der Waals surface area contributed by atoms with Gasteiger partial charge >= 0.3 is 0 Å². The van der Waals surface area contributed by atoms with Crippen LogP contribution in [0.2, 0.25) is 0 Å². The number of pyridine rings is 1. The van der Waals surface area contributed by atoms with E-state index in [4.69, 9.17) is 5.11 Å². The highest BCUT2D eigenvalue weighted by Crippen LogP contribution is 2.30. The van der Waals surface area contributed by atoms with Crippen LogP contribution >= 0.6 is 0 Å². The zero-order valence-corrected chi connectivity index (χ0v) is 11.2. The maximum absolute atomic E-state index is 14.1. The molecule has 0 bridgehead atoms. The summed E-state index contributed by atoms with van der Waals surface area (Å²) in [6.45, 7) is 1.45. The summed E-state index contributed by atoms with van der Waals surface area (Å²) in [4.78, 5) is 6.03. The van der Waals surface area contributed by atoms with Gasteiger partial charge in [0.1, 0.15) is 0 Å². The van der Waals surface area contributed by atoms with E-state index in [1.165, 1.54) is 5.56 Å². The van der Waals surface area contributed by atoms with Gasteiger partial charge in [-0.1, -0.05) is 12.1 Å². The van der Waals surface area contributed by atoms with E-state index in [0.29, 0.717) is 17.2 Å². The van der Waals surface area contributed by atoms with E-state index in [9.17, 15) is 4.39 Å². The van der Waals surface area contributed by atoms with Crippen molar-refractivity contribution in [3.8, 4) is 0 Å². The molecule has 0 amide bonds. The normalized spacial score (nSPS) is 15.2. The number of benzene rings is 1. The van der Waals surface area contributed by atoms with E-state index in [1.807, 2.05) is 17.0 Å². The molecule has 0 unspecified atom stereocenters. The fourth-order valence-electron chi connectivity index (χ4n) is 2.68. The predicted octanol–water partition coefficient (Wildman–Crippen LogP) is 2.39. The van der Waals surface area contributed by atoms with Crippen LogP contribution in [0, 0.1) is 11.7 Å². The average molecular weight is 272 g/mol. The molecule has 20 heavy (non-hydrogen) atoms. The molecule has 1 aliphatic heterocycles. The minimum absolute atomic E-state index is 0.256. The molecule has 104 valence electrons. The summed E-state index contributed by atoms with van der Waals surface area (Å²) in [5.41, 5.74) is 2.23. The molecular weight excluding hydrogens is 255 g/mol. The van der Waals surface area contributed by atoms with Crippen molar-refractivity contribution in [2.45, 2.75) is 13.0 Å². The Morgan fingerprint density at radius 1 is 1.20 bits per heavy atom. The summed E-state index contributed by atoms with van der Waals surface area (Å²) in [5, 5.41) is 9.10. The SMILES string of the molecule is OCc1cccc(N2CC(Cc3ccncc3)C2)c1F. The highest BCUT2D eigenvalue weighted by atomic mass is 19.1. The van der Waals surface area contributed by atoms with Gasteiger partial charge in [-0.25, -0.2) is 4.39 Å². The Bertz CT molecular complexity index is 582. The molecule has 3 nitrogen and oxygen atoms in total. The van der Waals surface area contributed by atoms with Crippen molar-refractivity contribution in [1.82, 2.24) is 4.98 Å². The minimum Gasteiger partial charge on any atom is -0.392 e. The molecule has 0 atom stereocenters. The third-order valence-corrected chi connectivity index (χ3v) is 3.80.